The highest BCUT2D eigenvalue weighted by Crippen LogP contribution is 2.27. The molecule has 0 radical (unpaired) electrons. The molecule has 2 aromatic rings. The van der Waals surface area contributed by atoms with Crippen molar-refractivity contribution in [2.45, 2.75) is 39.2 Å². The molecule has 0 aliphatic heterocycles. The molecule has 1 aromatic carbocycles. The van der Waals surface area contributed by atoms with E-state index in [4.69, 9.17) is 0 Å². The number of nitrogens with one attached hydrogen (secondary N) is 1. The van der Waals surface area contributed by atoms with Gasteiger partial charge in [0.15, 0.2) is 0 Å². The summed E-state index contributed by atoms with van der Waals surface area (Å²) < 4.78 is 3.05. The number of hydrogen-bond acceptors (Lipinski definition) is 2. The summed E-state index contributed by atoms with van der Waals surface area (Å²) in [6.45, 7) is 5.44. The molecule has 0 spiro atoms. The highest BCUT2D eigenvalue weighted by Gasteiger charge is 2.14. The van der Waals surface area contributed by atoms with Crippen LogP contribution in [0.25, 0.3) is 0 Å². The topological polar surface area (TPSA) is 29.9 Å². The fourth-order valence-corrected chi connectivity index (χ4v) is 2.98. The van der Waals surface area contributed by atoms with Crippen molar-refractivity contribution in [1.82, 2.24) is 15.1 Å². The molecule has 0 fully saturated rings. The van der Waals surface area contributed by atoms with Gasteiger partial charge in [0.25, 0.3) is 0 Å². The molecule has 4 heteroatoms. The fourth-order valence-electron chi connectivity index (χ4n) is 2.60. The van der Waals surface area contributed by atoms with Crippen LogP contribution in [-0.2, 0) is 13.5 Å². The SMILES string of the molecule is CCCNC(CCc1cnn(C)c1)c1cccc(Br)c1C. The smallest absolute Gasteiger partial charge is 0.0521 e. The number of rotatable bonds is 7. The third-order valence-electron chi connectivity index (χ3n) is 3.81. The Balaban J connectivity index is 2.11. The molecule has 1 atom stereocenters. The molecular formula is C17H24BrN3. The van der Waals surface area contributed by atoms with Crippen molar-refractivity contribution in [2.24, 2.45) is 7.05 Å². The second-order valence-electron chi connectivity index (χ2n) is 5.52. The standard InChI is InChI=1S/C17H24BrN3/c1-4-10-19-17(9-8-14-11-20-21(3)12-14)15-6-5-7-16(18)13(15)2/h5-7,11-12,17,19H,4,8-10H2,1-3H3. The van der Waals surface area contributed by atoms with E-state index in [1.165, 1.54) is 21.2 Å². The van der Waals surface area contributed by atoms with Crippen LogP contribution in [0.2, 0.25) is 0 Å². The molecule has 1 unspecified atom stereocenters. The summed E-state index contributed by atoms with van der Waals surface area (Å²) in [4.78, 5) is 0. The van der Waals surface area contributed by atoms with Gasteiger partial charge in [0.05, 0.1) is 6.20 Å². The molecule has 114 valence electrons. The number of benzene rings is 1. The number of aryl methyl sites for hydroxylation is 2. The van der Waals surface area contributed by atoms with E-state index in [-0.39, 0.29) is 0 Å². The fraction of sp³-hybridized carbons (Fsp3) is 0.471. The Morgan fingerprint density at radius 2 is 2.19 bits per heavy atom. The van der Waals surface area contributed by atoms with Crippen molar-refractivity contribution in [1.29, 1.82) is 0 Å². The van der Waals surface area contributed by atoms with Crippen LogP contribution in [0.3, 0.4) is 0 Å². The maximum atomic E-state index is 4.25. The van der Waals surface area contributed by atoms with Crippen molar-refractivity contribution < 1.29 is 0 Å². The van der Waals surface area contributed by atoms with Gasteiger partial charge in [-0.05, 0) is 55.5 Å². The summed E-state index contributed by atoms with van der Waals surface area (Å²) in [5.41, 5.74) is 4.02. The molecule has 0 bridgehead atoms. The zero-order chi connectivity index (χ0) is 15.2. The van der Waals surface area contributed by atoms with E-state index >= 15 is 0 Å². The lowest BCUT2D eigenvalue weighted by molar-refractivity contribution is 0.497. The average molecular weight is 350 g/mol. The van der Waals surface area contributed by atoms with Crippen LogP contribution in [0.4, 0.5) is 0 Å². The van der Waals surface area contributed by atoms with E-state index < -0.39 is 0 Å². The maximum absolute atomic E-state index is 4.25. The van der Waals surface area contributed by atoms with E-state index in [9.17, 15) is 0 Å². The van der Waals surface area contributed by atoms with Gasteiger partial charge in [-0.1, -0.05) is 35.0 Å². The van der Waals surface area contributed by atoms with Gasteiger partial charge >= 0.3 is 0 Å². The van der Waals surface area contributed by atoms with Crippen molar-refractivity contribution >= 4 is 15.9 Å². The van der Waals surface area contributed by atoms with Crippen molar-refractivity contribution in [3.63, 3.8) is 0 Å². The van der Waals surface area contributed by atoms with Crippen LogP contribution in [0.1, 0.15) is 42.5 Å². The number of halogens is 1. The van der Waals surface area contributed by atoms with Crippen molar-refractivity contribution in [3.8, 4) is 0 Å². The number of hydrogen-bond donors (Lipinski definition) is 1. The Labute approximate surface area is 135 Å². The molecule has 0 saturated heterocycles. The summed E-state index contributed by atoms with van der Waals surface area (Å²) in [6, 6.07) is 6.85. The first-order valence-corrected chi connectivity index (χ1v) is 8.37. The molecule has 1 aromatic heterocycles. The van der Waals surface area contributed by atoms with Gasteiger partial charge in [0.1, 0.15) is 0 Å². The maximum Gasteiger partial charge on any atom is 0.0521 e. The zero-order valence-electron chi connectivity index (χ0n) is 13.1. The first-order valence-electron chi connectivity index (χ1n) is 7.57. The van der Waals surface area contributed by atoms with Crippen molar-refractivity contribution in [3.05, 3.63) is 51.8 Å². The van der Waals surface area contributed by atoms with E-state index in [1.54, 1.807) is 0 Å². The van der Waals surface area contributed by atoms with Gasteiger partial charge in [-0.15, -0.1) is 0 Å². The predicted octanol–water partition coefficient (Wildman–Crippen LogP) is 4.16. The highest BCUT2D eigenvalue weighted by atomic mass is 79.9. The minimum atomic E-state index is 0.391. The van der Waals surface area contributed by atoms with Crippen molar-refractivity contribution in [2.75, 3.05) is 6.54 Å². The van der Waals surface area contributed by atoms with Crippen LogP contribution >= 0.6 is 15.9 Å². The monoisotopic (exact) mass is 349 g/mol. The molecule has 0 saturated carbocycles. The zero-order valence-corrected chi connectivity index (χ0v) is 14.7. The average Bonchev–Trinajstić information content (AvgIpc) is 2.88. The Morgan fingerprint density at radius 3 is 2.86 bits per heavy atom. The Morgan fingerprint density at radius 1 is 1.38 bits per heavy atom. The van der Waals surface area contributed by atoms with Gasteiger partial charge in [0.2, 0.25) is 0 Å². The highest BCUT2D eigenvalue weighted by molar-refractivity contribution is 9.10. The molecule has 0 amide bonds. The second kappa shape index (κ2) is 7.76. The summed E-state index contributed by atoms with van der Waals surface area (Å²) in [5, 5.41) is 7.93. The lowest BCUT2D eigenvalue weighted by atomic mass is 9.96. The quantitative estimate of drug-likeness (QED) is 0.812. The second-order valence-corrected chi connectivity index (χ2v) is 6.38. The Kier molecular flexibility index (Phi) is 6.00. The third-order valence-corrected chi connectivity index (χ3v) is 4.66. The van der Waals surface area contributed by atoms with E-state index in [0.717, 1.165) is 25.8 Å². The van der Waals surface area contributed by atoms with Gasteiger partial charge in [0, 0.05) is 23.8 Å². The van der Waals surface area contributed by atoms with Crippen LogP contribution in [0.5, 0.6) is 0 Å². The first-order chi connectivity index (χ1) is 10.1. The van der Waals surface area contributed by atoms with Gasteiger partial charge in [-0.2, -0.15) is 5.10 Å². The summed E-state index contributed by atoms with van der Waals surface area (Å²) in [6.07, 6.45) is 7.34. The molecule has 3 nitrogen and oxygen atoms in total. The summed E-state index contributed by atoms with van der Waals surface area (Å²) >= 11 is 3.64. The summed E-state index contributed by atoms with van der Waals surface area (Å²) in [7, 11) is 1.97. The third kappa shape index (κ3) is 4.42. The Hall–Kier alpha value is -1.13. The molecule has 0 aliphatic carbocycles. The molecule has 1 heterocycles. The molecular weight excluding hydrogens is 326 g/mol. The van der Waals surface area contributed by atoms with E-state index in [2.05, 4.69) is 64.6 Å². The van der Waals surface area contributed by atoms with Gasteiger partial charge < -0.3 is 5.32 Å². The van der Waals surface area contributed by atoms with E-state index in [0.29, 0.717) is 6.04 Å². The first kappa shape index (κ1) is 16.2. The minimum absolute atomic E-state index is 0.391. The molecule has 2 rings (SSSR count). The van der Waals surface area contributed by atoms with Crippen LogP contribution in [0.15, 0.2) is 35.1 Å². The lowest BCUT2D eigenvalue weighted by Crippen LogP contribution is -2.23. The van der Waals surface area contributed by atoms with Crippen LogP contribution in [0, 0.1) is 6.92 Å². The largest absolute Gasteiger partial charge is 0.310 e. The van der Waals surface area contributed by atoms with Gasteiger partial charge in [-0.3, -0.25) is 4.68 Å². The minimum Gasteiger partial charge on any atom is -0.310 e. The van der Waals surface area contributed by atoms with E-state index in [1.807, 2.05) is 17.9 Å². The Bertz CT molecular complexity index is 577. The van der Waals surface area contributed by atoms with Gasteiger partial charge in [-0.25, -0.2) is 0 Å². The van der Waals surface area contributed by atoms with Crippen LogP contribution in [-0.4, -0.2) is 16.3 Å². The number of aromatic nitrogens is 2. The van der Waals surface area contributed by atoms with Crippen LogP contribution < -0.4 is 5.32 Å². The molecule has 1 N–H and O–H groups in total. The predicted molar refractivity (Wildman–Crippen MR) is 91.4 cm³/mol. The lowest BCUT2D eigenvalue weighted by Gasteiger charge is -2.21. The number of nitrogens with zero attached hydrogens (tertiary/aromatic N) is 2. The molecule has 21 heavy (non-hydrogen) atoms. The summed E-state index contributed by atoms with van der Waals surface area (Å²) in [5.74, 6) is 0. The normalized spacial score (nSPS) is 12.6. The molecule has 0 aliphatic rings.